The van der Waals surface area contributed by atoms with E-state index in [0.29, 0.717) is 6.54 Å². The van der Waals surface area contributed by atoms with Crippen LogP contribution >= 0.6 is 0 Å². The first-order chi connectivity index (χ1) is 5.24. The summed E-state index contributed by atoms with van der Waals surface area (Å²) in [6, 6.07) is 0. The molecule has 0 saturated carbocycles. The fraction of sp³-hybridized carbons (Fsp3) is 0.750. The van der Waals surface area contributed by atoms with Crippen LogP contribution in [0.2, 0.25) is 0 Å². The van der Waals surface area contributed by atoms with Crippen LogP contribution in [0.25, 0.3) is 0 Å². The third kappa shape index (κ3) is 2.29. The van der Waals surface area contributed by atoms with Crippen molar-refractivity contribution in [2.45, 2.75) is 25.2 Å². The van der Waals surface area contributed by atoms with Crippen molar-refractivity contribution in [1.29, 1.82) is 0 Å². The molecule has 0 radical (unpaired) electrons. The molecule has 0 spiro atoms. The summed E-state index contributed by atoms with van der Waals surface area (Å²) < 4.78 is 5.46. The van der Waals surface area contributed by atoms with Crippen LogP contribution in [0.1, 0.15) is 6.92 Å². The Bertz CT molecular complexity index is 138. The van der Waals surface area contributed by atoms with Gasteiger partial charge in [0.25, 0.3) is 0 Å². The second kappa shape index (κ2) is 3.85. The number of morpholine rings is 1. The number of hydrogen-bond acceptors (Lipinski definition) is 3. The first-order valence-electron chi connectivity index (χ1n) is 3.91. The summed E-state index contributed by atoms with van der Waals surface area (Å²) >= 11 is 0. The Labute approximate surface area is 67.1 Å². The maximum Gasteiger partial charge on any atom is 0.0997 e. The second-order valence-electron chi connectivity index (χ2n) is 2.87. The summed E-state index contributed by atoms with van der Waals surface area (Å²) in [5.74, 6) is 0. The number of aliphatic hydroxyl groups is 1. The van der Waals surface area contributed by atoms with E-state index in [-0.39, 0.29) is 12.2 Å². The van der Waals surface area contributed by atoms with Gasteiger partial charge in [-0.1, -0.05) is 6.08 Å². The lowest BCUT2D eigenvalue weighted by Crippen LogP contribution is -2.48. The number of rotatable bonds is 2. The van der Waals surface area contributed by atoms with Gasteiger partial charge >= 0.3 is 0 Å². The highest BCUT2D eigenvalue weighted by atomic mass is 16.5. The Morgan fingerprint density at radius 1 is 1.73 bits per heavy atom. The molecule has 0 aromatic carbocycles. The summed E-state index contributed by atoms with van der Waals surface area (Å²) in [5, 5.41) is 12.5. The Kier molecular flexibility index (Phi) is 3.05. The largest absolute Gasteiger partial charge is 0.386 e. The van der Waals surface area contributed by atoms with Crippen molar-refractivity contribution >= 4 is 0 Å². The fourth-order valence-corrected chi connectivity index (χ4v) is 1.18. The lowest BCUT2D eigenvalue weighted by Gasteiger charge is -2.30. The molecule has 1 rings (SSSR count). The second-order valence-corrected chi connectivity index (χ2v) is 2.87. The third-order valence-electron chi connectivity index (χ3n) is 1.81. The summed E-state index contributed by atoms with van der Waals surface area (Å²) in [6.07, 6.45) is 1.01. The molecule has 3 heteroatoms. The molecular formula is C8H15NO2. The molecule has 11 heavy (non-hydrogen) atoms. The van der Waals surface area contributed by atoms with Gasteiger partial charge in [0.1, 0.15) is 0 Å². The average molecular weight is 157 g/mol. The molecule has 0 amide bonds. The van der Waals surface area contributed by atoms with Gasteiger partial charge < -0.3 is 15.2 Å². The summed E-state index contributed by atoms with van der Waals surface area (Å²) in [7, 11) is 0. The maximum absolute atomic E-state index is 9.32. The molecule has 1 aliphatic rings. The Morgan fingerprint density at radius 3 is 3.00 bits per heavy atom. The van der Waals surface area contributed by atoms with Crippen LogP contribution in [0, 0.1) is 0 Å². The van der Waals surface area contributed by atoms with Crippen molar-refractivity contribution in [3.8, 4) is 0 Å². The molecule has 0 unspecified atom stereocenters. The predicted molar refractivity (Wildman–Crippen MR) is 43.4 cm³/mol. The Morgan fingerprint density at radius 2 is 2.45 bits per heavy atom. The zero-order chi connectivity index (χ0) is 8.27. The monoisotopic (exact) mass is 157 g/mol. The highest BCUT2D eigenvalue weighted by Gasteiger charge is 2.23. The van der Waals surface area contributed by atoms with Crippen LogP contribution in [-0.4, -0.2) is 36.5 Å². The van der Waals surface area contributed by atoms with E-state index in [4.69, 9.17) is 4.74 Å². The molecule has 0 bridgehead atoms. The molecule has 0 aliphatic carbocycles. The van der Waals surface area contributed by atoms with Gasteiger partial charge in [-0.2, -0.15) is 0 Å². The van der Waals surface area contributed by atoms with Gasteiger partial charge in [0, 0.05) is 13.1 Å². The molecule has 64 valence electrons. The van der Waals surface area contributed by atoms with E-state index in [2.05, 4.69) is 11.9 Å². The standard InChI is InChI=1S/C8H15NO2/c1-3-7(10)8-5-9-4-6(2)11-8/h3,6-10H,1,4-5H2,2H3/t6-,7-,8-/m1/s1. The third-order valence-corrected chi connectivity index (χ3v) is 1.81. The molecule has 0 aromatic rings. The number of aliphatic hydroxyl groups excluding tert-OH is 1. The van der Waals surface area contributed by atoms with E-state index in [9.17, 15) is 5.11 Å². The van der Waals surface area contributed by atoms with Crippen LogP contribution in [0.3, 0.4) is 0 Å². The van der Waals surface area contributed by atoms with Crippen LogP contribution in [0.5, 0.6) is 0 Å². The predicted octanol–water partition coefficient (Wildman–Crippen LogP) is -0.0898. The molecule has 1 fully saturated rings. The minimum atomic E-state index is -0.551. The zero-order valence-electron chi connectivity index (χ0n) is 6.79. The molecule has 1 heterocycles. The van der Waals surface area contributed by atoms with Crippen molar-refractivity contribution in [2.24, 2.45) is 0 Å². The highest BCUT2D eigenvalue weighted by Crippen LogP contribution is 2.07. The topological polar surface area (TPSA) is 41.5 Å². The molecule has 1 saturated heterocycles. The molecule has 0 aromatic heterocycles. The van der Waals surface area contributed by atoms with E-state index in [1.54, 1.807) is 0 Å². The SMILES string of the molecule is C=C[C@@H](O)[C@H]1CNC[C@@H](C)O1. The smallest absolute Gasteiger partial charge is 0.0997 e. The van der Waals surface area contributed by atoms with Crippen molar-refractivity contribution in [2.75, 3.05) is 13.1 Å². The van der Waals surface area contributed by atoms with E-state index >= 15 is 0 Å². The quantitative estimate of drug-likeness (QED) is 0.550. The molecule has 1 aliphatic heterocycles. The number of ether oxygens (including phenoxy) is 1. The van der Waals surface area contributed by atoms with Crippen molar-refractivity contribution in [3.63, 3.8) is 0 Å². The van der Waals surface area contributed by atoms with Crippen molar-refractivity contribution < 1.29 is 9.84 Å². The van der Waals surface area contributed by atoms with E-state index in [1.807, 2.05) is 6.92 Å². The first kappa shape index (κ1) is 8.71. The summed E-state index contributed by atoms with van der Waals surface area (Å²) in [6.45, 7) is 7.05. The molecule has 3 nitrogen and oxygen atoms in total. The first-order valence-corrected chi connectivity index (χ1v) is 3.91. The highest BCUT2D eigenvalue weighted by molar-refractivity contribution is 4.88. The van der Waals surface area contributed by atoms with Gasteiger partial charge in [0.05, 0.1) is 18.3 Å². The Hall–Kier alpha value is -0.380. The van der Waals surface area contributed by atoms with Crippen molar-refractivity contribution in [3.05, 3.63) is 12.7 Å². The zero-order valence-corrected chi connectivity index (χ0v) is 6.79. The normalized spacial score (nSPS) is 34.7. The minimum Gasteiger partial charge on any atom is -0.386 e. The lowest BCUT2D eigenvalue weighted by atomic mass is 10.1. The van der Waals surface area contributed by atoms with E-state index < -0.39 is 6.10 Å². The lowest BCUT2D eigenvalue weighted by molar-refractivity contribution is -0.0735. The van der Waals surface area contributed by atoms with Gasteiger partial charge in [-0.25, -0.2) is 0 Å². The maximum atomic E-state index is 9.32. The van der Waals surface area contributed by atoms with Crippen LogP contribution in [0.4, 0.5) is 0 Å². The fourth-order valence-electron chi connectivity index (χ4n) is 1.18. The Balaban J connectivity index is 2.38. The van der Waals surface area contributed by atoms with Gasteiger partial charge in [-0.05, 0) is 6.92 Å². The minimum absolute atomic E-state index is 0.128. The number of hydrogen-bond donors (Lipinski definition) is 2. The van der Waals surface area contributed by atoms with Gasteiger partial charge in [0.15, 0.2) is 0 Å². The van der Waals surface area contributed by atoms with Gasteiger partial charge in [-0.3, -0.25) is 0 Å². The molecule has 2 N–H and O–H groups in total. The summed E-state index contributed by atoms with van der Waals surface area (Å²) in [5.41, 5.74) is 0. The summed E-state index contributed by atoms with van der Waals surface area (Å²) in [4.78, 5) is 0. The van der Waals surface area contributed by atoms with E-state index in [1.165, 1.54) is 6.08 Å². The molecular weight excluding hydrogens is 142 g/mol. The molecule has 3 atom stereocenters. The van der Waals surface area contributed by atoms with Gasteiger partial charge in [-0.15, -0.1) is 6.58 Å². The van der Waals surface area contributed by atoms with Crippen molar-refractivity contribution in [1.82, 2.24) is 5.32 Å². The van der Waals surface area contributed by atoms with Crippen LogP contribution in [-0.2, 0) is 4.74 Å². The number of nitrogens with one attached hydrogen (secondary N) is 1. The van der Waals surface area contributed by atoms with Crippen LogP contribution in [0.15, 0.2) is 12.7 Å². The van der Waals surface area contributed by atoms with Gasteiger partial charge in [0.2, 0.25) is 0 Å². The van der Waals surface area contributed by atoms with Crippen LogP contribution < -0.4 is 5.32 Å². The average Bonchev–Trinajstić information content (AvgIpc) is 2.03. The van der Waals surface area contributed by atoms with E-state index in [0.717, 1.165) is 6.54 Å².